The van der Waals surface area contributed by atoms with E-state index in [9.17, 15) is 4.79 Å². The number of ether oxygens (including phenoxy) is 1. The van der Waals surface area contributed by atoms with E-state index >= 15 is 0 Å². The first-order valence-electron chi connectivity index (χ1n) is 9.63. The van der Waals surface area contributed by atoms with E-state index in [0.717, 1.165) is 18.5 Å². The van der Waals surface area contributed by atoms with Crippen molar-refractivity contribution in [3.05, 3.63) is 65.9 Å². The fourth-order valence-electron chi connectivity index (χ4n) is 3.10. The van der Waals surface area contributed by atoms with Crippen LogP contribution in [0.1, 0.15) is 15.9 Å². The molecule has 1 heterocycles. The van der Waals surface area contributed by atoms with Crippen LogP contribution in [0.3, 0.4) is 0 Å². The number of nitrogens with one attached hydrogen (secondary N) is 4. The molecule has 152 valence electrons. The third-order valence-corrected chi connectivity index (χ3v) is 4.62. The Balaban J connectivity index is 1.38. The van der Waals surface area contributed by atoms with E-state index in [2.05, 4.69) is 44.3 Å². The summed E-state index contributed by atoms with van der Waals surface area (Å²) in [7, 11) is 3.31. The number of para-hydroxylation sites is 1. The molecule has 1 aromatic heterocycles. The van der Waals surface area contributed by atoms with Crippen molar-refractivity contribution in [2.45, 2.75) is 6.42 Å². The number of aliphatic imine (C=N–C) groups is 1. The van der Waals surface area contributed by atoms with Crippen molar-refractivity contribution in [2.75, 3.05) is 33.8 Å². The summed E-state index contributed by atoms with van der Waals surface area (Å²) in [5.41, 5.74) is 3.00. The van der Waals surface area contributed by atoms with Crippen LogP contribution in [0.5, 0.6) is 5.75 Å². The number of H-pyrrole nitrogens is 1. The molecule has 0 bridgehead atoms. The topological polar surface area (TPSA) is 90.5 Å². The molecule has 4 N–H and O–H groups in total. The minimum Gasteiger partial charge on any atom is -0.497 e. The first-order valence-corrected chi connectivity index (χ1v) is 9.63. The summed E-state index contributed by atoms with van der Waals surface area (Å²) < 4.78 is 5.15. The van der Waals surface area contributed by atoms with Gasteiger partial charge in [-0.3, -0.25) is 9.79 Å². The van der Waals surface area contributed by atoms with Crippen LogP contribution in [0, 0.1) is 0 Å². The van der Waals surface area contributed by atoms with Gasteiger partial charge in [0.15, 0.2) is 5.96 Å². The molecular weight excluding hydrogens is 366 g/mol. The summed E-state index contributed by atoms with van der Waals surface area (Å²) in [5, 5.41) is 10.6. The van der Waals surface area contributed by atoms with Crippen molar-refractivity contribution in [3.63, 3.8) is 0 Å². The summed E-state index contributed by atoms with van der Waals surface area (Å²) >= 11 is 0. The number of hydrogen-bond donors (Lipinski definition) is 4. The third kappa shape index (κ3) is 5.51. The molecule has 3 rings (SSSR count). The van der Waals surface area contributed by atoms with Crippen LogP contribution in [-0.4, -0.2) is 50.6 Å². The van der Waals surface area contributed by atoms with Gasteiger partial charge in [-0.1, -0.05) is 24.3 Å². The van der Waals surface area contributed by atoms with Crippen molar-refractivity contribution < 1.29 is 9.53 Å². The molecule has 0 fully saturated rings. The largest absolute Gasteiger partial charge is 0.497 e. The summed E-state index contributed by atoms with van der Waals surface area (Å²) in [5.74, 6) is 1.24. The zero-order valence-electron chi connectivity index (χ0n) is 16.8. The second-order valence-corrected chi connectivity index (χ2v) is 6.52. The zero-order valence-corrected chi connectivity index (χ0v) is 16.8. The maximum Gasteiger partial charge on any atom is 0.251 e. The van der Waals surface area contributed by atoms with Crippen molar-refractivity contribution >= 4 is 22.8 Å². The van der Waals surface area contributed by atoms with Gasteiger partial charge in [0.2, 0.25) is 0 Å². The van der Waals surface area contributed by atoms with E-state index < -0.39 is 0 Å². The molecule has 7 nitrogen and oxygen atoms in total. The first kappa shape index (κ1) is 20.3. The number of nitrogens with zero attached hydrogens (tertiary/aromatic N) is 1. The van der Waals surface area contributed by atoms with Gasteiger partial charge >= 0.3 is 0 Å². The molecule has 0 saturated heterocycles. The molecule has 0 aliphatic rings. The molecule has 0 unspecified atom stereocenters. The molecule has 0 aliphatic carbocycles. The van der Waals surface area contributed by atoms with Gasteiger partial charge in [0.25, 0.3) is 5.91 Å². The van der Waals surface area contributed by atoms with Crippen LogP contribution in [0.2, 0.25) is 0 Å². The number of methoxy groups -OCH3 is 1. The Morgan fingerprint density at radius 3 is 2.66 bits per heavy atom. The van der Waals surface area contributed by atoms with Crippen LogP contribution in [0.15, 0.2) is 59.7 Å². The van der Waals surface area contributed by atoms with Gasteiger partial charge in [0.05, 0.1) is 7.11 Å². The number of amides is 1. The van der Waals surface area contributed by atoms with Crippen molar-refractivity contribution in [1.29, 1.82) is 0 Å². The van der Waals surface area contributed by atoms with Gasteiger partial charge in [-0.05, 0) is 36.2 Å². The Bertz CT molecular complexity index is 980. The van der Waals surface area contributed by atoms with E-state index in [0.29, 0.717) is 30.4 Å². The lowest BCUT2D eigenvalue weighted by Crippen LogP contribution is -2.42. The number of fused-ring (bicyclic) bond motifs is 1. The first-order chi connectivity index (χ1) is 14.2. The summed E-state index contributed by atoms with van der Waals surface area (Å²) in [4.78, 5) is 19.7. The second kappa shape index (κ2) is 10.2. The Labute approximate surface area is 170 Å². The molecule has 3 aromatic rings. The van der Waals surface area contributed by atoms with Gasteiger partial charge in [0.1, 0.15) is 5.75 Å². The van der Waals surface area contributed by atoms with Crippen molar-refractivity contribution in [3.8, 4) is 5.75 Å². The van der Waals surface area contributed by atoms with Crippen LogP contribution < -0.4 is 20.7 Å². The van der Waals surface area contributed by atoms with Crippen LogP contribution in [0.25, 0.3) is 10.9 Å². The van der Waals surface area contributed by atoms with Crippen LogP contribution >= 0.6 is 0 Å². The van der Waals surface area contributed by atoms with Crippen molar-refractivity contribution in [1.82, 2.24) is 20.9 Å². The number of aromatic nitrogens is 1. The second-order valence-electron chi connectivity index (χ2n) is 6.52. The number of carbonyl (C=O) groups is 1. The highest BCUT2D eigenvalue weighted by Crippen LogP contribution is 2.17. The molecule has 1 amide bonds. The van der Waals surface area contributed by atoms with Gasteiger partial charge < -0.3 is 25.7 Å². The molecular formula is C22H27N5O2. The number of guanidine groups is 1. The van der Waals surface area contributed by atoms with Crippen LogP contribution in [0.4, 0.5) is 0 Å². The summed E-state index contributed by atoms with van der Waals surface area (Å²) in [6.07, 6.45) is 2.94. The Morgan fingerprint density at radius 2 is 1.83 bits per heavy atom. The Hall–Kier alpha value is -3.48. The van der Waals surface area contributed by atoms with Gasteiger partial charge in [-0.2, -0.15) is 0 Å². The lowest BCUT2D eigenvalue weighted by atomic mass is 10.1. The van der Waals surface area contributed by atoms with Crippen molar-refractivity contribution in [2.24, 2.45) is 4.99 Å². The average Bonchev–Trinajstić information content (AvgIpc) is 3.18. The predicted octanol–water partition coefficient (Wildman–Crippen LogP) is 2.31. The molecule has 29 heavy (non-hydrogen) atoms. The van der Waals surface area contributed by atoms with E-state index in [4.69, 9.17) is 4.74 Å². The Kier molecular flexibility index (Phi) is 7.10. The van der Waals surface area contributed by atoms with E-state index in [1.165, 1.54) is 10.9 Å². The minimum atomic E-state index is -0.131. The Morgan fingerprint density at radius 1 is 1.03 bits per heavy atom. The quantitative estimate of drug-likeness (QED) is 0.269. The normalized spacial score (nSPS) is 11.3. The van der Waals surface area contributed by atoms with E-state index in [1.807, 2.05) is 18.2 Å². The molecule has 0 saturated carbocycles. The molecule has 0 aliphatic heterocycles. The predicted molar refractivity (Wildman–Crippen MR) is 117 cm³/mol. The SMILES string of the molecule is CN=C(NCCNC(=O)c1cccc(OC)c1)NCCc1c[nH]c2ccccc12. The highest BCUT2D eigenvalue weighted by atomic mass is 16.5. The highest BCUT2D eigenvalue weighted by Gasteiger charge is 2.06. The standard InChI is InChI=1S/C22H27N5O2/c1-23-22(25-11-10-17-15-27-20-9-4-3-8-19(17)20)26-13-12-24-21(28)16-6-5-7-18(14-16)29-2/h3-9,14-15,27H,10-13H2,1-2H3,(H,24,28)(H2,23,25,26). The van der Waals surface area contributed by atoms with E-state index in [-0.39, 0.29) is 5.91 Å². The molecule has 2 aromatic carbocycles. The fourth-order valence-corrected chi connectivity index (χ4v) is 3.10. The lowest BCUT2D eigenvalue weighted by Gasteiger charge is -2.12. The zero-order chi connectivity index (χ0) is 20.5. The number of benzene rings is 2. The summed E-state index contributed by atoms with van der Waals surface area (Å²) in [6.45, 7) is 1.82. The fraction of sp³-hybridized carbons (Fsp3) is 0.273. The van der Waals surface area contributed by atoms with Gasteiger partial charge in [-0.15, -0.1) is 0 Å². The number of hydrogen-bond acceptors (Lipinski definition) is 3. The number of rotatable bonds is 8. The average molecular weight is 393 g/mol. The van der Waals surface area contributed by atoms with Gasteiger partial charge in [-0.25, -0.2) is 0 Å². The maximum atomic E-state index is 12.2. The minimum absolute atomic E-state index is 0.131. The number of aromatic amines is 1. The number of carbonyl (C=O) groups excluding carboxylic acids is 1. The van der Waals surface area contributed by atoms with E-state index in [1.54, 1.807) is 32.4 Å². The van der Waals surface area contributed by atoms with Crippen LogP contribution in [-0.2, 0) is 6.42 Å². The maximum absolute atomic E-state index is 12.2. The van der Waals surface area contributed by atoms with Gasteiger partial charge in [0, 0.05) is 49.3 Å². The monoisotopic (exact) mass is 393 g/mol. The lowest BCUT2D eigenvalue weighted by molar-refractivity contribution is 0.0954. The summed E-state index contributed by atoms with van der Waals surface area (Å²) in [6, 6.07) is 15.4. The third-order valence-electron chi connectivity index (χ3n) is 4.62. The molecule has 7 heteroatoms. The molecule has 0 spiro atoms. The smallest absolute Gasteiger partial charge is 0.251 e. The molecule has 0 atom stereocenters. The molecule has 0 radical (unpaired) electrons. The highest BCUT2D eigenvalue weighted by molar-refractivity contribution is 5.94.